The number of hydrogen-bond donors (Lipinski definition) is 2. The number of ether oxygens (including phenoxy) is 1. The zero-order valence-corrected chi connectivity index (χ0v) is 11.7. The van der Waals surface area contributed by atoms with Crippen molar-refractivity contribution in [3.05, 3.63) is 53.8 Å². The van der Waals surface area contributed by atoms with Crippen LogP contribution in [0, 0.1) is 5.82 Å². The average molecular weight is 288 g/mol. The van der Waals surface area contributed by atoms with Gasteiger partial charge in [-0.2, -0.15) is 0 Å². The van der Waals surface area contributed by atoms with Crippen LogP contribution >= 0.6 is 0 Å². The van der Waals surface area contributed by atoms with Gasteiger partial charge in [0.1, 0.15) is 11.6 Å². The second kappa shape index (κ2) is 6.74. The van der Waals surface area contributed by atoms with E-state index in [4.69, 9.17) is 10.5 Å². The first kappa shape index (κ1) is 14.8. The number of benzene rings is 2. The number of carbonyl (C=O) groups is 1. The third kappa shape index (κ3) is 3.72. The summed E-state index contributed by atoms with van der Waals surface area (Å²) >= 11 is 0. The van der Waals surface area contributed by atoms with Gasteiger partial charge in [0.2, 0.25) is 0 Å². The Morgan fingerprint density at radius 3 is 2.81 bits per heavy atom. The summed E-state index contributed by atoms with van der Waals surface area (Å²) in [5.74, 6) is -0.503. The van der Waals surface area contributed by atoms with Crippen molar-refractivity contribution in [2.75, 3.05) is 17.7 Å². The van der Waals surface area contributed by atoms with E-state index in [0.29, 0.717) is 23.6 Å². The van der Waals surface area contributed by atoms with Gasteiger partial charge in [0.05, 0.1) is 17.9 Å². The molecule has 0 atom stereocenters. The van der Waals surface area contributed by atoms with Crippen LogP contribution in [0.25, 0.3) is 0 Å². The van der Waals surface area contributed by atoms with Gasteiger partial charge in [0, 0.05) is 5.69 Å². The Morgan fingerprint density at radius 1 is 1.29 bits per heavy atom. The van der Waals surface area contributed by atoms with Crippen LogP contribution in [0.15, 0.2) is 42.5 Å². The van der Waals surface area contributed by atoms with Crippen molar-refractivity contribution >= 4 is 17.3 Å². The third-order valence-corrected chi connectivity index (χ3v) is 2.83. The SMILES string of the molecule is CCCOc1ccccc1C(=O)Nc1cc(N)ccc1F. The topological polar surface area (TPSA) is 64.3 Å². The lowest BCUT2D eigenvalue weighted by Crippen LogP contribution is -2.15. The Kier molecular flexibility index (Phi) is 4.77. The number of rotatable bonds is 5. The minimum atomic E-state index is -0.537. The number of carbonyl (C=O) groups excluding carboxylic acids is 1. The number of para-hydroxylation sites is 1. The predicted molar refractivity (Wildman–Crippen MR) is 81.0 cm³/mol. The molecule has 0 aliphatic carbocycles. The van der Waals surface area contributed by atoms with Gasteiger partial charge < -0.3 is 15.8 Å². The maximum Gasteiger partial charge on any atom is 0.259 e. The van der Waals surface area contributed by atoms with Crippen LogP contribution in [0.3, 0.4) is 0 Å². The predicted octanol–water partition coefficient (Wildman–Crippen LogP) is 3.45. The van der Waals surface area contributed by atoms with Gasteiger partial charge in [-0.1, -0.05) is 19.1 Å². The molecular weight excluding hydrogens is 271 g/mol. The lowest BCUT2D eigenvalue weighted by atomic mass is 10.1. The number of anilines is 2. The minimum absolute atomic E-state index is 0.0466. The number of nitrogen functional groups attached to an aromatic ring is 1. The second-order valence-electron chi connectivity index (χ2n) is 4.54. The van der Waals surface area contributed by atoms with Gasteiger partial charge in [-0.05, 0) is 36.8 Å². The molecule has 0 radical (unpaired) electrons. The normalized spacial score (nSPS) is 10.2. The zero-order chi connectivity index (χ0) is 15.2. The lowest BCUT2D eigenvalue weighted by Gasteiger charge is -2.11. The highest BCUT2D eigenvalue weighted by atomic mass is 19.1. The lowest BCUT2D eigenvalue weighted by molar-refractivity contribution is 0.102. The van der Waals surface area contributed by atoms with E-state index in [2.05, 4.69) is 5.32 Å². The van der Waals surface area contributed by atoms with Crippen molar-refractivity contribution in [3.63, 3.8) is 0 Å². The van der Waals surface area contributed by atoms with Crippen molar-refractivity contribution in [2.45, 2.75) is 13.3 Å². The van der Waals surface area contributed by atoms with Gasteiger partial charge in [-0.25, -0.2) is 4.39 Å². The van der Waals surface area contributed by atoms with E-state index in [9.17, 15) is 9.18 Å². The molecule has 0 spiro atoms. The van der Waals surface area contributed by atoms with Gasteiger partial charge in [-0.15, -0.1) is 0 Å². The van der Waals surface area contributed by atoms with Gasteiger partial charge in [-0.3, -0.25) is 4.79 Å². The van der Waals surface area contributed by atoms with E-state index < -0.39 is 11.7 Å². The van der Waals surface area contributed by atoms with Crippen LogP contribution in [0.4, 0.5) is 15.8 Å². The third-order valence-electron chi connectivity index (χ3n) is 2.83. The van der Waals surface area contributed by atoms with Crippen molar-refractivity contribution < 1.29 is 13.9 Å². The molecule has 0 aliphatic rings. The molecule has 2 rings (SSSR count). The summed E-state index contributed by atoms with van der Waals surface area (Å²) < 4.78 is 19.2. The molecule has 0 aliphatic heterocycles. The Bertz CT molecular complexity index is 644. The number of nitrogens with two attached hydrogens (primary N) is 1. The fraction of sp³-hybridized carbons (Fsp3) is 0.188. The molecule has 0 bridgehead atoms. The van der Waals surface area contributed by atoms with Crippen LogP contribution in [-0.2, 0) is 0 Å². The Morgan fingerprint density at radius 2 is 2.05 bits per heavy atom. The van der Waals surface area contributed by atoms with Gasteiger partial charge >= 0.3 is 0 Å². The molecule has 110 valence electrons. The van der Waals surface area contributed by atoms with E-state index in [1.807, 2.05) is 6.92 Å². The summed E-state index contributed by atoms with van der Waals surface area (Å²) in [4.78, 5) is 12.3. The Hall–Kier alpha value is -2.56. The molecule has 0 fully saturated rings. The summed E-state index contributed by atoms with van der Waals surface area (Å²) in [6.45, 7) is 2.49. The standard InChI is InChI=1S/C16H17FN2O2/c1-2-9-21-15-6-4-3-5-12(15)16(20)19-14-10-11(18)7-8-13(14)17/h3-8,10H,2,9,18H2,1H3,(H,19,20). The van der Waals surface area contributed by atoms with Crippen LogP contribution in [0.2, 0.25) is 0 Å². The zero-order valence-electron chi connectivity index (χ0n) is 11.7. The first-order chi connectivity index (χ1) is 10.1. The first-order valence-electron chi connectivity index (χ1n) is 6.70. The molecule has 2 aromatic carbocycles. The highest BCUT2D eigenvalue weighted by molar-refractivity contribution is 6.06. The first-order valence-corrected chi connectivity index (χ1v) is 6.70. The molecule has 0 unspecified atom stereocenters. The fourth-order valence-corrected chi connectivity index (χ4v) is 1.82. The van der Waals surface area contributed by atoms with Crippen LogP contribution < -0.4 is 15.8 Å². The van der Waals surface area contributed by atoms with Gasteiger partial charge in [0.25, 0.3) is 5.91 Å². The van der Waals surface area contributed by atoms with E-state index in [1.165, 1.54) is 18.2 Å². The Labute approximate surface area is 122 Å². The molecule has 0 heterocycles. The number of amides is 1. The fourth-order valence-electron chi connectivity index (χ4n) is 1.82. The van der Waals surface area contributed by atoms with Gasteiger partial charge in [0.15, 0.2) is 0 Å². The van der Waals surface area contributed by atoms with Crippen LogP contribution in [-0.4, -0.2) is 12.5 Å². The molecule has 0 saturated carbocycles. The van der Waals surface area contributed by atoms with Crippen molar-refractivity contribution in [1.29, 1.82) is 0 Å². The molecular formula is C16H17FN2O2. The largest absolute Gasteiger partial charge is 0.493 e. The molecule has 1 amide bonds. The molecule has 3 N–H and O–H groups in total. The summed E-state index contributed by atoms with van der Waals surface area (Å²) in [5, 5.41) is 2.51. The van der Waals surface area contributed by atoms with E-state index >= 15 is 0 Å². The molecule has 21 heavy (non-hydrogen) atoms. The quantitative estimate of drug-likeness (QED) is 0.828. The van der Waals surface area contributed by atoms with Crippen molar-refractivity contribution in [3.8, 4) is 5.75 Å². The summed E-state index contributed by atoms with van der Waals surface area (Å²) in [5.41, 5.74) is 6.37. The Balaban J connectivity index is 2.22. The number of nitrogens with one attached hydrogen (secondary N) is 1. The highest BCUT2D eigenvalue weighted by Gasteiger charge is 2.14. The maximum atomic E-state index is 13.6. The molecule has 4 nitrogen and oxygen atoms in total. The monoisotopic (exact) mass is 288 g/mol. The molecule has 0 saturated heterocycles. The number of halogens is 1. The summed E-state index contributed by atoms with van der Waals surface area (Å²) in [7, 11) is 0. The van der Waals surface area contributed by atoms with Crippen molar-refractivity contribution in [2.24, 2.45) is 0 Å². The minimum Gasteiger partial charge on any atom is -0.493 e. The molecule has 2 aromatic rings. The van der Waals surface area contributed by atoms with Crippen LogP contribution in [0.1, 0.15) is 23.7 Å². The molecule has 0 aromatic heterocycles. The smallest absolute Gasteiger partial charge is 0.259 e. The second-order valence-corrected chi connectivity index (χ2v) is 4.54. The summed E-state index contributed by atoms with van der Waals surface area (Å²) in [6.07, 6.45) is 0.833. The van der Waals surface area contributed by atoms with Crippen LogP contribution in [0.5, 0.6) is 5.75 Å². The highest BCUT2D eigenvalue weighted by Crippen LogP contribution is 2.22. The number of hydrogen-bond acceptors (Lipinski definition) is 3. The van der Waals surface area contributed by atoms with E-state index in [0.717, 1.165) is 6.42 Å². The van der Waals surface area contributed by atoms with E-state index in [-0.39, 0.29) is 5.69 Å². The maximum absolute atomic E-state index is 13.6. The average Bonchev–Trinajstić information content (AvgIpc) is 2.49. The molecule has 5 heteroatoms. The summed E-state index contributed by atoms with van der Waals surface area (Å²) in [6, 6.07) is 10.9. The van der Waals surface area contributed by atoms with Crippen molar-refractivity contribution in [1.82, 2.24) is 0 Å². The van der Waals surface area contributed by atoms with E-state index in [1.54, 1.807) is 24.3 Å².